The van der Waals surface area contributed by atoms with E-state index >= 15 is 0 Å². The lowest BCUT2D eigenvalue weighted by Gasteiger charge is -2.03. The van der Waals surface area contributed by atoms with Crippen molar-refractivity contribution >= 4 is 0 Å². The molecule has 0 atom stereocenters. The van der Waals surface area contributed by atoms with Crippen LogP contribution in [-0.2, 0) is 6.42 Å². The Kier molecular flexibility index (Phi) is 3.41. The molecule has 0 spiro atoms. The average molecular weight is 227 g/mol. The molecule has 17 heavy (non-hydrogen) atoms. The Balaban J connectivity index is 2.18. The van der Waals surface area contributed by atoms with E-state index in [0.29, 0.717) is 18.9 Å². The minimum atomic E-state index is 0.303. The number of benzene rings is 1. The topological polar surface area (TPSA) is 61.7 Å². The summed E-state index contributed by atoms with van der Waals surface area (Å²) >= 11 is 0. The lowest BCUT2D eigenvalue weighted by molar-refractivity contribution is 0.340. The number of ether oxygens (including phenoxy) is 1. The molecule has 0 radical (unpaired) electrons. The van der Waals surface area contributed by atoms with Gasteiger partial charge in [-0.25, -0.2) is 4.98 Å². The lowest BCUT2D eigenvalue weighted by Crippen LogP contribution is -1.90. The molecule has 0 aliphatic heterocycles. The van der Waals surface area contributed by atoms with Gasteiger partial charge in [0.1, 0.15) is 11.6 Å². The molecule has 4 nitrogen and oxygen atoms in total. The Hall–Kier alpha value is -2.28. The summed E-state index contributed by atoms with van der Waals surface area (Å²) in [5.41, 5.74) is 1.95. The van der Waals surface area contributed by atoms with E-state index in [0.717, 1.165) is 17.0 Å². The number of H-pyrrole nitrogens is 1. The number of nitrogens with one attached hydrogen (secondary N) is 1. The van der Waals surface area contributed by atoms with Gasteiger partial charge in [0.2, 0.25) is 0 Å². The van der Waals surface area contributed by atoms with Gasteiger partial charge in [-0.05, 0) is 36.8 Å². The molecule has 0 aliphatic rings. The van der Waals surface area contributed by atoms with Gasteiger partial charge in [-0.15, -0.1) is 0 Å². The largest absolute Gasteiger partial charge is 0.494 e. The third kappa shape index (κ3) is 2.64. The van der Waals surface area contributed by atoms with Crippen molar-refractivity contribution in [3.8, 4) is 23.1 Å². The molecule has 86 valence electrons. The van der Waals surface area contributed by atoms with E-state index in [1.807, 2.05) is 31.2 Å². The predicted molar refractivity (Wildman–Crippen MR) is 64.5 cm³/mol. The molecule has 1 aromatic heterocycles. The molecule has 0 unspecified atom stereocenters. The first-order valence-corrected chi connectivity index (χ1v) is 5.47. The van der Waals surface area contributed by atoms with Crippen molar-refractivity contribution in [2.24, 2.45) is 0 Å². The highest BCUT2D eigenvalue weighted by Crippen LogP contribution is 2.20. The van der Waals surface area contributed by atoms with Gasteiger partial charge in [0.05, 0.1) is 31.0 Å². The molecule has 0 bridgehead atoms. The van der Waals surface area contributed by atoms with E-state index in [2.05, 4.69) is 16.0 Å². The average Bonchev–Trinajstić information content (AvgIpc) is 2.80. The Morgan fingerprint density at radius 2 is 2.12 bits per heavy atom. The van der Waals surface area contributed by atoms with Crippen molar-refractivity contribution in [2.75, 3.05) is 6.61 Å². The van der Waals surface area contributed by atoms with Crippen LogP contribution in [0.25, 0.3) is 11.3 Å². The third-order valence-corrected chi connectivity index (χ3v) is 2.35. The van der Waals surface area contributed by atoms with Crippen LogP contribution in [0.3, 0.4) is 0 Å². The van der Waals surface area contributed by atoms with Crippen molar-refractivity contribution in [3.63, 3.8) is 0 Å². The summed E-state index contributed by atoms with van der Waals surface area (Å²) < 4.78 is 5.37. The predicted octanol–water partition coefficient (Wildman–Crippen LogP) is 2.54. The van der Waals surface area contributed by atoms with Crippen LogP contribution in [0.1, 0.15) is 12.7 Å². The van der Waals surface area contributed by atoms with Gasteiger partial charge in [0.15, 0.2) is 0 Å². The Morgan fingerprint density at radius 3 is 2.76 bits per heavy atom. The molecule has 1 heterocycles. The van der Waals surface area contributed by atoms with Crippen LogP contribution in [-0.4, -0.2) is 16.6 Å². The van der Waals surface area contributed by atoms with Gasteiger partial charge in [-0.1, -0.05) is 0 Å². The van der Waals surface area contributed by atoms with Gasteiger partial charge in [0.25, 0.3) is 0 Å². The zero-order valence-corrected chi connectivity index (χ0v) is 9.60. The molecule has 1 N–H and O–H groups in total. The quantitative estimate of drug-likeness (QED) is 0.873. The van der Waals surface area contributed by atoms with Crippen LogP contribution < -0.4 is 4.74 Å². The molecule has 2 aromatic rings. The number of nitrogens with zero attached hydrogens (tertiary/aromatic N) is 2. The molecule has 1 aromatic carbocycles. The number of imidazole rings is 1. The highest BCUT2D eigenvalue weighted by molar-refractivity contribution is 5.59. The minimum absolute atomic E-state index is 0.303. The second-order valence-corrected chi connectivity index (χ2v) is 3.54. The zero-order valence-electron chi connectivity index (χ0n) is 9.60. The lowest BCUT2D eigenvalue weighted by atomic mass is 10.2. The summed E-state index contributed by atoms with van der Waals surface area (Å²) in [5, 5.41) is 8.57. The van der Waals surface area contributed by atoms with Gasteiger partial charge >= 0.3 is 0 Å². The molecule has 0 fully saturated rings. The fraction of sp³-hybridized carbons (Fsp3) is 0.231. The smallest absolute Gasteiger partial charge is 0.120 e. The summed E-state index contributed by atoms with van der Waals surface area (Å²) in [7, 11) is 0. The van der Waals surface area contributed by atoms with Crippen LogP contribution in [0.15, 0.2) is 30.5 Å². The monoisotopic (exact) mass is 227 g/mol. The van der Waals surface area contributed by atoms with Gasteiger partial charge in [0, 0.05) is 0 Å². The number of nitriles is 1. The maximum absolute atomic E-state index is 8.57. The second-order valence-electron chi connectivity index (χ2n) is 3.54. The summed E-state index contributed by atoms with van der Waals surface area (Å²) in [5.74, 6) is 1.55. The number of hydrogen-bond acceptors (Lipinski definition) is 3. The van der Waals surface area contributed by atoms with E-state index in [-0.39, 0.29) is 0 Å². The van der Waals surface area contributed by atoms with Crippen LogP contribution >= 0.6 is 0 Å². The highest BCUT2D eigenvalue weighted by atomic mass is 16.5. The highest BCUT2D eigenvalue weighted by Gasteiger charge is 2.03. The molecule has 2 rings (SSSR count). The fourth-order valence-electron chi connectivity index (χ4n) is 1.57. The van der Waals surface area contributed by atoms with Gasteiger partial charge in [-0.3, -0.25) is 0 Å². The van der Waals surface area contributed by atoms with Gasteiger partial charge < -0.3 is 9.72 Å². The second kappa shape index (κ2) is 5.17. The van der Waals surface area contributed by atoms with Crippen LogP contribution in [0.5, 0.6) is 5.75 Å². The Morgan fingerprint density at radius 1 is 1.35 bits per heavy atom. The van der Waals surface area contributed by atoms with Crippen molar-refractivity contribution in [3.05, 3.63) is 36.3 Å². The molecular weight excluding hydrogens is 214 g/mol. The Bertz CT molecular complexity index is 522. The first-order valence-electron chi connectivity index (χ1n) is 5.47. The third-order valence-electron chi connectivity index (χ3n) is 2.35. The van der Waals surface area contributed by atoms with Gasteiger partial charge in [-0.2, -0.15) is 5.26 Å². The van der Waals surface area contributed by atoms with Crippen molar-refractivity contribution in [1.29, 1.82) is 5.26 Å². The van der Waals surface area contributed by atoms with Crippen LogP contribution in [0.2, 0.25) is 0 Å². The first-order chi connectivity index (χ1) is 8.33. The molecule has 0 saturated heterocycles. The maximum Gasteiger partial charge on any atom is 0.120 e. The molecule has 0 aliphatic carbocycles. The van der Waals surface area contributed by atoms with Crippen molar-refractivity contribution in [2.45, 2.75) is 13.3 Å². The summed E-state index contributed by atoms with van der Waals surface area (Å²) in [4.78, 5) is 7.24. The number of rotatable bonds is 4. The van der Waals surface area contributed by atoms with E-state index < -0.39 is 0 Å². The fourth-order valence-corrected chi connectivity index (χ4v) is 1.57. The summed E-state index contributed by atoms with van der Waals surface area (Å²) in [6.07, 6.45) is 2.04. The molecular formula is C13H13N3O. The first kappa shape index (κ1) is 11.2. The molecule has 0 amide bonds. The number of aromatic amines is 1. The van der Waals surface area contributed by atoms with E-state index in [4.69, 9.17) is 10.00 Å². The van der Waals surface area contributed by atoms with E-state index in [1.54, 1.807) is 6.20 Å². The summed E-state index contributed by atoms with van der Waals surface area (Å²) in [6.45, 7) is 2.62. The van der Waals surface area contributed by atoms with E-state index in [9.17, 15) is 0 Å². The zero-order chi connectivity index (χ0) is 12.1. The normalized spacial score (nSPS) is 9.88. The van der Waals surface area contributed by atoms with Crippen LogP contribution in [0.4, 0.5) is 0 Å². The standard InChI is InChI=1S/C13H13N3O/c1-2-17-11-5-3-10(4-6-11)12-9-15-13(16-12)7-8-14/h3-6,9H,2,7H2,1H3,(H,15,16). The van der Waals surface area contributed by atoms with Crippen molar-refractivity contribution < 1.29 is 4.74 Å². The molecule has 4 heteroatoms. The van der Waals surface area contributed by atoms with E-state index in [1.165, 1.54) is 0 Å². The van der Waals surface area contributed by atoms with Crippen LogP contribution in [0, 0.1) is 11.3 Å². The minimum Gasteiger partial charge on any atom is -0.494 e. The molecule has 0 saturated carbocycles. The SMILES string of the molecule is CCOc1ccc(-c2cnc(CC#N)[nH]2)cc1. The Labute approximate surface area is 99.9 Å². The maximum atomic E-state index is 8.57. The van der Waals surface area contributed by atoms with Crippen molar-refractivity contribution in [1.82, 2.24) is 9.97 Å². The number of aromatic nitrogens is 2. The summed E-state index contributed by atoms with van der Waals surface area (Å²) in [6, 6.07) is 9.84. The number of hydrogen-bond donors (Lipinski definition) is 1.